The zero-order chi connectivity index (χ0) is 19.8. The minimum atomic E-state index is -0.722. The van der Waals surface area contributed by atoms with Crippen LogP contribution in [0.2, 0.25) is 0 Å². The molecular weight excluding hydrogens is 338 g/mol. The Hall–Kier alpha value is -2.12. The van der Waals surface area contributed by atoms with Gasteiger partial charge < -0.3 is 20.7 Å². The molecule has 0 aliphatic heterocycles. The highest BCUT2D eigenvalue weighted by Crippen LogP contribution is 2.08. The van der Waals surface area contributed by atoms with Crippen LogP contribution in [0.25, 0.3) is 0 Å². The first-order chi connectivity index (χ1) is 12.4. The third-order valence-electron chi connectivity index (χ3n) is 3.86. The summed E-state index contributed by atoms with van der Waals surface area (Å²) in [5.74, 6) is -1.71. The summed E-state index contributed by atoms with van der Waals surface area (Å²) in [5.41, 5.74) is 0. The number of unbranched alkanes of at least 4 members (excludes halogenated alkanes) is 6. The van der Waals surface area contributed by atoms with Crippen molar-refractivity contribution >= 4 is 23.7 Å². The first-order valence-electron chi connectivity index (χ1n) is 9.31. The molecule has 0 aromatic heterocycles. The van der Waals surface area contributed by atoms with E-state index in [9.17, 15) is 19.2 Å². The van der Waals surface area contributed by atoms with E-state index >= 15 is 0 Å². The Bertz CT molecular complexity index is 454. The van der Waals surface area contributed by atoms with Crippen LogP contribution in [-0.2, 0) is 23.9 Å². The van der Waals surface area contributed by atoms with Crippen LogP contribution >= 0.6 is 0 Å². The lowest BCUT2D eigenvalue weighted by Gasteiger charge is -2.14. The first kappa shape index (κ1) is 23.9. The van der Waals surface area contributed by atoms with Gasteiger partial charge in [0, 0.05) is 6.42 Å². The smallest absolute Gasteiger partial charge is 0.325 e. The summed E-state index contributed by atoms with van der Waals surface area (Å²) in [7, 11) is 1.22. The minimum Gasteiger partial charge on any atom is -0.468 e. The second kappa shape index (κ2) is 15.2. The predicted molar refractivity (Wildman–Crippen MR) is 98.3 cm³/mol. The predicted octanol–water partition coefficient (Wildman–Crippen LogP) is 1.04. The van der Waals surface area contributed by atoms with Crippen LogP contribution in [0.1, 0.15) is 65.2 Å². The van der Waals surface area contributed by atoms with Crippen molar-refractivity contribution in [3.63, 3.8) is 0 Å². The SMILES string of the molecule is CCCCCCCCCC(=O)NC(C)C(=O)NCC(=O)NCC(=O)OC. The van der Waals surface area contributed by atoms with Gasteiger partial charge >= 0.3 is 5.97 Å². The van der Waals surface area contributed by atoms with Crippen molar-refractivity contribution in [3.8, 4) is 0 Å². The molecular formula is C18H33N3O5. The molecule has 1 atom stereocenters. The molecule has 0 fully saturated rings. The van der Waals surface area contributed by atoms with Gasteiger partial charge in [0.1, 0.15) is 12.6 Å². The Labute approximate surface area is 155 Å². The van der Waals surface area contributed by atoms with Gasteiger partial charge in [0.05, 0.1) is 13.7 Å². The zero-order valence-electron chi connectivity index (χ0n) is 16.2. The van der Waals surface area contributed by atoms with Gasteiger partial charge in [-0.3, -0.25) is 19.2 Å². The van der Waals surface area contributed by atoms with E-state index in [-0.39, 0.29) is 19.0 Å². The second-order valence-corrected chi connectivity index (χ2v) is 6.23. The Balaban J connectivity index is 3.80. The number of amides is 3. The average molecular weight is 371 g/mol. The van der Waals surface area contributed by atoms with Gasteiger partial charge in [0.2, 0.25) is 17.7 Å². The highest BCUT2D eigenvalue weighted by atomic mass is 16.5. The van der Waals surface area contributed by atoms with E-state index in [1.807, 2.05) is 0 Å². The van der Waals surface area contributed by atoms with Crippen LogP contribution in [0.15, 0.2) is 0 Å². The summed E-state index contributed by atoms with van der Waals surface area (Å²) in [5, 5.41) is 7.33. The largest absolute Gasteiger partial charge is 0.468 e. The topological polar surface area (TPSA) is 114 Å². The number of hydrogen-bond acceptors (Lipinski definition) is 5. The van der Waals surface area contributed by atoms with Crippen LogP contribution in [0.3, 0.4) is 0 Å². The van der Waals surface area contributed by atoms with Gasteiger partial charge in [0.15, 0.2) is 0 Å². The molecule has 0 saturated heterocycles. The van der Waals surface area contributed by atoms with Crippen molar-refractivity contribution in [2.24, 2.45) is 0 Å². The number of methoxy groups -OCH3 is 1. The molecule has 0 rings (SSSR count). The number of rotatable bonds is 14. The van der Waals surface area contributed by atoms with Gasteiger partial charge in [0.25, 0.3) is 0 Å². The lowest BCUT2D eigenvalue weighted by atomic mass is 10.1. The van der Waals surface area contributed by atoms with E-state index in [1.165, 1.54) is 32.8 Å². The third kappa shape index (κ3) is 13.2. The quantitative estimate of drug-likeness (QED) is 0.312. The van der Waals surface area contributed by atoms with Gasteiger partial charge in [-0.05, 0) is 13.3 Å². The minimum absolute atomic E-state index is 0.170. The Kier molecular flexibility index (Phi) is 13.9. The monoisotopic (exact) mass is 371 g/mol. The number of ether oxygens (including phenoxy) is 1. The van der Waals surface area contributed by atoms with E-state index in [0.29, 0.717) is 6.42 Å². The molecule has 3 amide bonds. The van der Waals surface area contributed by atoms with Gasteiger partial charge in [-0.2, -0.15) is 0 Å². The third-order valence-corrected chi connectivity index (χ3v) is 3.86. The maximum absolute atomic E-state index is 11.9. The van der Waals surface area contributed by atoms with Gasteiger partial charge in [-0.25, -0.2) is 0 Å². The molecule has 0 heterocycles. The molecule has 0 aliphatic carbocycles. The molecule has 0 aliphatic rings. The Morgan fingerprint density at radius 3 is 2.08 bits per heavy atom. The van der Waals surface area contributed by atoms with Crippen molar-refractivity contribution in [3.05, 3.63) is 0 Å². The second-order valence-electron chi connectivity index (χ2n) is 6.23. The molecule has 26 heavy (non-hydrogen) atoms. The summed E-state index contributed by atoms with van der Waals surface area (Å²) in [6.45, 7) is 3.21. The number of carbonyl (C=O) groups is 4. The standard InChI is InChI=1S/C18H33N3O5/c1-4-5-6-7-8-9-10-11-15(22)21-14(2)18(25)20-12-16(23)19-13-17(24)26-3/h14H,4-13H2,1-3H3,(H,19,23)(H,20,25)(H,21,22). The normalized spacial score (nSPS) is 11.3. The maximum atomic E-state index is 11.9. The van der Waals surface area contributed by atoms with Crippen LogP contribution in [0, 0.1) is 0 Å². The Morgan fingerprint density at radius 2 is 1.46 bits per heavy atom. The molecule has 8 nitrogen and oxygen atoms in total. The lowest BCUT2D eigenvalue weighted by Crippen LogP contribution is -2.47. The molecule has 150 valence electrons. The van der Waals surface area contributed by atoms with Crippen molar-refractivity contribution in [2.45, 2.75) is 71.3 Å². The molecule has 3 N–H and O–H groups in total. The van der Waals surface area contributed by atoms with E-state index < -0.39 is 23.8 Å². The average Bonchev–Trinajstić information content (AvgIpc) is 2.63. The maximum Gasteiger partial charge on any atom is 0.325 e. The first-order valence-corrected chi connectivity index (χ1v) is 9.31. The summed E-state index contributed by atoms with van der Waals surface area (Å²) < 4.78 is 4.38. The van der Waals surface area contributed by atoms with E-state index in [1.54, 1.807) is 6.92 Å². The van der Waals surface area contributed by atoms with Gasteiger partial charge in [-0.15, -0.1) is 0 Å². The fraction of sp³-hybridized carbons (Fsp3) is 0.778. The molecule has 0 aromatic rings. The molecule has 0 radical (unpaired) electrons. The molecule has 0 bridgehead atoms. The molecule has 0 spiro atoms. The highest BCUT2D eigenvalue weighted by molar-refractivity contribution is 5.90. The van der Waals surface area contributed by atoms with Crippen LogP contribution in [0.5, 0.6) is 0 Å². The van der Waals surface area contributed by atoms with Crippen molar-refractivity contribution in [2.75, 3.05) is 20.2 Å². The molecule has 1 unspecified atom stereocenters. The van der Waals surface area contributed by atoms with Crippen LogP contribution in [-0.4, -0.2) is 49.9 Å². The summed E-state index contributed by atoms with van der Waals surface area (Å²) >= 11 is 0. The summed E-state index contributed by atoms with van der Waals surface area (Å²) in [6.07, 6.45) is 8.26. The zero-order valence-corrected chi connectivity index (χ0v) is 16.2. The number of hydrogen-bond donors (Lipinski definition) is 3. The fourth-order valence-electron chi connectivity index (χ4n) is 2.25. The van der Waals surface area contributed by atoms with Crippen LogP contribution < -0.4 is 16.0 Å². The lowest BCUT2D eigenvalue weighted by molar-refractivity contribution is -0.141. The van der Waals surface area contributed by atoms with Crippen molar-refractivity contribution < 1.29 is 23.9 Å². The summed E-state index contributed by atoms with van der Waals surface area (Å²) in [4.78, 5) is 46.0. The van der Waals surface area contributed by atoms with Crippen molar-refractivity contribution in [1.29, 1.82) is 0 Å². The summed E-state index contributed by atoms with van der Waals surface area (Å²) in [6, 6.07) is -0.722. The highest BCUT2D eigenvalue weighted by Gasteiger charge is 2.16. The van der Waals surface area contributed by atoms with Gasteiger partial charge in [-0.1, -0.05) is 45.4 Å². The fourth-order valence-corrected chi connectivity index (χ4v) is 2.25. The Morgan fingerprint density at radius 1 is 0.846 bits per heavy atom. The van der Waals surface area contributed by atoms with E-state index in [0.717, 1.165) is 19.3 Å². The number of carbonyl (C=O) groups excluding carboxylic acids is 4. The number of nitrogens with one attached hydrogen (secondary N) is 3. The van der Waals surface area contributed by atoms with E-state index in [4.69, 9.17) is 0 Å². The van der Waals surface area contributed by atoms with Crippen LogP contribution in [0.4, 0.5) is 0 Å². The number of esters is 1. The molecule has 0 aromatic carbocycles. The van der Waals surface area contributed by atoms with E-state index in [2.05, 4.69) is 27.6 Å². The molecule has 0 saturated carbocycles. The molecule has 8 heteroatoms. The van der Waals surface area contributed by atoms with Crippen molar-refractivity contribution in [1.82, 2.24) is 16.0 Å².